The Bertz CT molecular complexity index is 8.49. The molecule has 0 aromatic carbocycles. The molecule has 0 atom stereocenters. The normalized spacial score (nSPS) is 0. The Hall–Kier alpha value is 1.92. The SMILES string of the molecule is F.F.F.F.F.F.[AlH3].[RbH]. The van der Waals surface area contributed by atoms with Gasteiger partial charge in [0.1, 0.15) is 0 Å². The van der Waals surface area contributed by atoms with E-state index in [0.717, 1.165) is 0 Å². The molecule has 0 unspecified atom stereocenters. The van der Waals surface area contributed by atoms with E-state index in [2.05, 4.69) is 0 Å². The van der Waals surface area contributed by atoms with Crippen molar-refractivity contribution >= 4 is 75.5 Å². The van der Waals surface area contributed by atoms with Crippen LogP contribution in [0.25, 0.3) is 0 Å². The predicted molar refractivity (Wildman–Crippen MR) is 32.1 cm³/mol. The molecule has 0 aliphatic carbocycles. The molecule has 0 fully saturated rings. The van der Waals surface area contributed by atoms with Gasteiger partial charge in [0.25, 0.3) is 0 Å². The van der Waals surface area contributed by atoms with Crippen LogP contribution in [0.3, 0.4) is 0 Å². The van der Waals surface area contributed by atoms with Crippen LogP contribution >= 0.6 is 0 Å². The Morgan fingerprint density at radius 3 is 0.375 bits per heavy atom. The zero-order valence-corrected chi connectivity index (χ0v) is 2.45. The van der Waals surface area contributed by atoms with Gasteiger partial charge in [0.05, 0.1) is 0 Å². The molecule has 0 spiro atoms. The Morgan fingerprint density at radius 2 is 0.375 bits per heavy atom. The van der Waals surface area contributed by atoms with Crippen LogP contribution in [0.15, 0.2) is 0 Å². The summed E-state index contributed by atoms with van der Waals surface area (Å²) in [4.78, 5) is 0. The minimum atomic E-state index is 0. The average molecular weight is 237 g/mol. The third kappa shape index (κ3) is 103. The minimum absolute atomic E-state index is 0. The van der Waals surface area contributed by atoms with E-state index >= 15 is 0 Å². The molecule has 8 heteroatoms. The predicted octanol–water partition coefficient (Wildman–Crippen LogP) is -0.917. The number of hydrogen-bond donors (Lipinski definition) is 0. The monoisotopic (exact) mass is 236 g/mol. The van der Waals surface area contributed by atoms with Crippen LogP contribution in [0.5, 0.6) is 0 Å². The van der Waals surface area contributed by atoms with Crippen molar-refractivity contribution in [2.75, 3.05) is 0 Å². The van der Waals surface area contributed by atoms with Gasteiger partial charge >= 0.3 is 58.2 Å². The van der Waals surface area contributed by atoms with E-state index in [1.807, 2.05) is 0 Å². The zero-order valence-electron chi connectivity index (χ0n) is 2.45. The van der Waals surface area contributed by atoms with Crippen molar-refractivity contribution < 1.29 is 28.2 Å². The van der Waals surface area contributed by atoms with Crippen molar-refractivity contribution in [1.82, 2.24) is 0 Å². The summed E-state index contributed by atoms with van der Waals surface area (Å²) in [6, 6.07) is 0. The van der Waals surface area contributed by atoms with Gasteiger partial charge in [-0.25, -0.2) is 0 Å². The van der Waals surface area contributed by atoms with E-state index in [-0.39, 0.29) is 104 Å². The topological polar surface area (TPSA) is 0 Å². The van der Waals surface area contributed by atoms with Crippen molar-refractivity contribution in [2.24, 2.45) is 0 Å². The first kappa shape index (κ1) is 214. The number of rotatable bonds is 0. The van der Waals surface area contributed by atoms with E-state index < -0.39 is 0 Å². The molecular weight excluding hydrogens is 226 g/mol. The summed E-state index contributed by atoms with van der Waals surface area (Å²) >= 11 is 0. The Morgan fingerprint density at radius 1 is 0.375 bits per heavy atom. The molecule has 0 N–H and O–H groups in total. The fourth-order valence-electron chi connectivity index (χ4n) is 0. The van der Waals surface area contributed by atoms with Gasteiger partial charge in [0.15, 0.2) is 17.4 Å². The Balaban J connectivity index is 0. The van der Waals surface area contributed by atoms with Crippen LogP contribution < -0.4 is 0 Å². The molecule has 0 saturated heterocycles. The molecule has 0 aliphatic heterocycles. The van der Waals surface area contributed by atoms with E-state index in [4.69, 9.17) is 0 Å². The van der Waals surface area contributed by atoms with Gasteiger partial charge in [-0.05, 0) is 0 Å². The van der Waals surface area contributed by atoms with E-state index in [1.54, 1.807) is 0 Å². The van der Waals surface area contributed by atoms with Crippen LogP contribution in [0.2, 0.25) is 0 Å². The summed E-state index contributed by atoms with van der Waals surface area (Å²) in [6.45, 7) is 0. The van der Waals surface area contributed by atoms with Gasteiger partial charge in [-0.15, -0.1) is 0 Å². The van der Waals surface area contributed by atoms with Crippen LogP contribution in [0.4, 0.5) is 28.2 Å². The van der Waals surface area contributed by atoms with E-state index in [1.165, 1.54) is 0 Å². The fourth-order valence-corrected chi connectivity index (χ4v) is 0. The van der Waals surface area contributed by atoms with Crippen molar-refractivity contribution in [3.63, 3.8) is 0 Å². The Kier molecular flexibility index (Phi) is 4080. The van der Waals surface area contributed by atoms with Gasteiger partial charge in [0.2, 0.25) is 0 Å². The maximum atomic E-state index is 0. The van der Waals surface area contributed by atoms with Crippen LogP contribution in [0, 0.1) is 0 Å². The van der Waals surface area contributed by atoms with Crippen LogP contribution in [-0.2, 0) is 0 Å². The summed E-state index contributed by atoms with van der Waals surface area (Å²) in [5.74, 6) is 0. The van der Waals surface area contributed by atoms with Crippen LogP contribution in [-0.4, -0.2) is 75.5 Å². The van der Waals surface area contributed by atoms with Gasteiger partial charge in [-0.2, -0.15) is 0 Å². The summed E-state index contributed by atoms with van der Waals surface area (Å²) in [7, 11) is 0. The molecule has 0 amide bonds. The summed E-state index contributed by atoms with van der Waals surface area (Å²) in [5, 5.41) is 0. The van der Waals surface area contributed by atoms with E-state index in [0.29, 0.717) is 0 Å². The molecule has 0 aliphatic rings. The molecule has 0 radical (unpaired) electrons. The van der Waals surface area contributed by atoms with Gasteiger partial charge < -0.3 is 0 Å². The molecule has 0 aromatic rings. The van der Waals surface area contributed by atoms with Gasteiger partial charge in [-0.1, -0.05) is 0 Å². The molecule has 0 rings (SSSR count). The van der Waals surface area contributed by atoms with Gasteiger partial charge in [-0.3, -0.25) is 28.2 Å². The summed E-state index contributed by atoms with van der Waals surface area (Å²) in [5.41, 5.74) is 0. The second kappa shape index (κ2) is 152. The first-order valence-corrected chi connectivity index (χ1v) is 0. The maximum absolute atomic E-state index is 0. The van der Waals surface area contributed by atoms with E-state index in [9.17, 15) is 0 Å². The number of halogens is 6. The fraction of sp³-hybridized carbons (Fsp3) is 0. The second-order valence-corrected chi connectivity index (χ2v) is 0. The zero-order chi connectivity index (χ0) is 0. The standard InChI is InChI=1S/Al.6FH.Rb.4H/h;6*1H;;;;;. The molecule has 0 nitrogen and oxygen atoms in total. The first-order chi connectivity index (χ1) is 0. The molecule has 56 valence electrons. The summed E-state index contributed by atoms with van der Waals surface area (Å²) in [6.07, 6.45) is 0. The molecule has 0 aromatic heterocycles. The van der Waals surface area contributed by atoms with Crippen molar-refractivity contribution in [3.8, 4) is 0 Å². The van der Waals surface area contributed by atoms with Crippen molar-refractivity contribution in [2.45, 2.75) is 0 Å². The first-order valence-electron chi connectivity index (χ1n) is 0. The van der Waals surface area contributed by atoms with Crippen molar-refractivity contribution in [1.29, 1.82) is 0 Å². The molecule has 0 bridgehead atoms. The number of hydrogen-bond acceptors (Lipinski definition) is 0. The third-order valence-corrected chi connectivity index (χ3v) is 0. The summed E-state index contributed by atoms with van der Waals surface area (Å²) < 4.78 is 0. The average Bonchev–Trinajstić information content (AvgIpc) is 0. The third-order valence-electron chi connectivity index (χ3n) is 0. The van der Waals surface area contributed by atoms with Gasteiger partial charge in [0, 0.05) is 0 Å². The molecule has 0 heterocycles. The second-order valence-electron chi connectivity index (χ2n) is 0. The quantitative estimate of drug-likeness (QED) is 0.377. The Labute approximate surface area is 102 Å². The molecule has 8 heavy (non-hydrogen) atoms. The molecule has 0 saturated carbocycles. The van der Waals surface area contributed by atoms with Crippen molar-refractivity contribution in [3.05, 3.63) is 0 Å². The van der Waals surface area contributed by atoms with Crippen LogP contribution in [0.1, 0.15) is 0 Å². The molecular formula is H10AlF6Rb.